The van der Waals surface area contributed by atoms with Crippen molar-refractivity contribution in [2.45, 2.75) is 6.42 Å². The van der Waals surface area contributed by atoms with Crippen LogP contribution < -0.4 is 14.8 Å². The lowest BCUT2D eigenvalue weighted by Crippen LogP contribution is -2.00. The highest BCUT2D eigenvalue weighted by molar-refractivity contribution is 7.16. The molecule has 3 aromatic rings. The van der Waals surface area contributed by atoms with E-state index in [1.54, 1.807) is 37.4 Å². The Hall–Kier alpha value is -3.59. The maximum Gasteiger partial charge on any atom is 0.335 e. The number of rotatable bonds is 8. The molecule has 0 fully saturated rings. The third-order valence-electron chi connectivity index (χ3n) is 4.05. The lowest BCUT2D eigenvalue weighted by molar-refractivity contribution is -0.136. The fraction of sp³-hybridized carbons (Fsp3) is 0.150. The van der Waals surface area contributed by atoms with Crippen molar-refractivity contribution in [3.63, 3.8) is 0 Å². The van der Waals surface area contributed by atoms with Crippen LogP contribution in [-0.4, -0.2) is 41.4 Å². The minimum absolute atomic E-state index is 0.170. The van der Waals surface area contributed by atoms with E-state index >= 15 is 0 Å². The summed E-state index contributed by atoms with van der Waals surface area (Å²) in [7, 11) is 3.07. The fourth-order valence-electron chi connectivity index (χ4n) is 2.69. The molecule has 0 radical (unpaired) electrons. The number of carboxylic acids is 2. The van der Waals surface area contributed by atoms with Crippen molar-refractivity contribution < 1.29 is 29.3 Å². The molecule has 2 aromatic carbocycles. The molecule has 3 N–H and O–H groups in total. The van der Waals surface area contributed by atoms with Crippen molar-refractivity contribution in [1.29, 1.82) is 0 Å². The van der Waals surface area contributed by atoms with Gasteiger partial charge in [0.05, 0.1) is 31.9 Å². The first-order valence-electron chi connectivity index (χ1n) is 8.45. The van der Waals surface area contributed by atoms with Crippen LogP contribution in [0.5, 0.6) is 11.5 Å². The van der Waals surface area contributed by atoms with Crippen molar-refractivity contribution in [3.05, 3.63) is 52.9 Å². The van der Waals surface area contributed by atoms with Crippen LogP contribution in [0.2, 0.25) is 0 Å². The van der Waals surface area contributed by atoms with Gasteiger partial charge in [0.15, 0.2) is 5.13 Å². The molecule has 3 rings (SSSR count). The summed E-state index contributed by atoms with van der Waals surface area (Å²) in [5.41, 5.74) is 1.91. The first-order valence-corrected chi connectivity index (χ1v) is 9.27. The molecule has 150 valence electrons. The lowest BCUT2D eigenvalue weighted by atomic mass is 10.1. The summed E-state index contributed by atoms with van der Waals surface area (Å²) < 4.78 is 10.7. The molecule has 0 amide bonds. The van der Waals surface area contributed by atoms with Crippen LogP contribution in [0.1, 0.15) is 15.2 Å². The van der Waals surface area contributed by atoms with E-state index in [2.05, 4.69) is 10.3 Å². The number of thiazole rings is 1. The van der Waals surface area contributed by atoms with Gasteiger partial charge in [0.2, 0.25) is 0 Å². The second-order valence-corrected chi connectivity index (χ2v) is 7.02. The molecule has 29 heavy (non-hydrogen) atoms. The monoisotopic (exact) mass is 414 g/mol. The Morgan fingerprint density at radius 3 is 2.38 bits per heavy atom. The molecule has 0 bridgehead atoms. The van der Waals surface area contributed by atoms with E-state index in [1.165, 1.54) is 30.6 Å². The molecule has 1 heterocycles. The van der Waals surface area contributed by atoms with Crippen LogP contribution in [0, 0.1) is 0 Å². The first-order chi connectivity index (χ1) is 13.9. The summed E-state index contributed by atoms with van der Waals surface area (Å²) in [6.07, 6.45) is -0.201. The molecule has 0 unspecified atom stereocenters. The number of anilines is 2. The summed E-state index contributed by atoms with van der Waals surface area (Å²) in [5.74, 6) is -0.856. The minimum Gasteiger partial charge on any atom is -0.497 e. The third-order valence-corrected chi connectivity index (χ3v) is 5.02. The molecule has 0 aliphatic heterocycles. The molecule has 0 aliphatic carbocycles. The number of benzene rings is 2. The largest absolute Gasteiger partial charge is 0.497 e. The number of aromatic nitrogens is 1. The number of aliphatic carboxylic acids is 1. The molecule has 8 nitrogen and oxygen atoms in total. The number of aromatic carboxylic acids is 1. The molecular formula is C20H18N2O6S. The number of hydrogen-bond donors (Lipinski definition) is 3. The van der Waals surface area contributed by atoms with Crippen molar-refractivity contribution in [2.24, 2.45) is 0 Å². The number of methoxy groups -OCH3 is 2. The SMILES string of the molecule is COc1ccc(OC)c(-c2nc(Nc3ccc(C(=O)O)cc3)sc2CC(=O)O)c1. The highest BCUT2D eigenvalue weighted by Gasteiger charge is 2.20. The summed E-state index contributed by atoms with van der Waals surface area (Å²) in [6, 6.07) is 11.4. The Labute approximate surface area is 170 Å². The van der Waals surface area contributed by atoms with E-state index in [0.717, 1.165) is 0 Å². The fourth-order valence-corrected chi connectivity index (χ4v) is 3.68. The van der Waals surface area contributed by atoms with Crippen LogP contribution in [0.3, 0.4) is 0 Å². The molecule has 9 heteroatoms. The Morgan fingerprint density at radius 1 is 1.07 bits per heavy atom. The van der Waals surface area contributed by atoms with Crippen LogP contribution >= 0.6 is 11.3 Å². The zero-order chi connectivity index (χ0) is 21.0. The van der Waals surface area contributed by atoms with Gasteiger partial charge in [-0.3, -0.25) is 4.79 Å². The average molecular weight is 414 g/mol. The Morgan fingerprint density at radius 2 is 1.79 bits per heavy atom. The molecule has 0 saturated heterocycles. The topological polar surface area (TPSA) is 118 Å². The van der Waals surface area contributed by atoms with Gasteiger partial charge < -0.3 is 25.0 Å². The summed E-state index contributed by atoms with van der Waals surface area (Å²) in [6.45, 7) is 0. The Balaban J connectivity index is 2.00. The molecule has 0 atom stereocenters. The first kappa shape index (κ1) is 20.2. The number of nitrogens with zero attached hydrogens (tertiary/aromatic N) is 1. The number of hydrogen-bond acceptors (Lipinski definition) is 7. The van der Waals surface area contributed by atoms with Crippen molar-refractivity contribution in [1.82, 2.24) is 4.98 Å². The number of nitrogens with one attached hydrogen (secondary N) is 1. The average Bonchev–Trinajstić information content (AvgIpc) is 3.09. The quantitative estimate of drug-likeness (QED) is 0.508. The predicted octanol–water partition coefficient (Wildman–Crippen LogP) is 3.90. The van der Waals surface area contributed by atoms with Crippen LogP contribution in [0.15, 0.2) is 42.5 Å². The zero-order valence-corrected chi connectivity index (χ0v) is 16.4. The Kier molecular flexibility index (Phi) is 5.99. The van der Waals surface area contributed by atoms with Gasteiger partial charge in [0.25, 0.3) is 0 Å². The van der Waals surface area contributed by atoms with Gasteiger partial charge in [0, 0.05) is 16.1 Å². The second kappa shape index (κ2) is 8.61. The van der Waals surface area contributed by atoms with Crippen LogP contribution in [0.25, 0.3) is 11.3 Å². The number of carbonyl (C=O) groups is 2. The lowest BCUT2D eigenvalue weighted by Gasteiger charge is -2.10. The van der Waals surface area contributed by atoms with Crippen LogP contribution in [0.4, 0.5) is 10.8 Å². The number of ether oxygens (including phenoxy) is 2. The highest BCUT2D eigenvalue weighted by atomic mass is 32.1. The van der Waals surface area contributed by atoms with E-state index in [0.29, 0.717) is 38.5 Å². The van der Waals surface area contributed by atoms with Gasteiger partial charge in [0.1, 0.15) is 11.5 Å². The van der Waals surface area contributed by atoms with E-state index in [1.807, 2.05) is 0 Å². The van der Waals surface area contributed by atoms with Gasteiger partial charge in [-0.15, -0.1) is 11.3 Å². The third kappa shape index (κ3) is 4.64. The summed E-state index contributed by atoms with van der Waals surface area (Å²) in [5, 5.41) is 21.9. The number of carboxylic acid groups (broad SMARTS) is 2. The van der Waals surface area contributed by atoms with E-state index in [4.69, 9.17) is 14.6 Å². The normalized spacial score (nSPS) is 10.4. The van der Waals surface area contributed by atoms with Crippen molar-refractivity contribution in [2.75, 3.05) is 19.5 Å². The second-order valence-electron chi connectivity index (χ2n) is 5.94. The van der Waals surface area contributed by atoms with Gasteiger partial charge >= 0.3 is 11.9 Å². The van der Waals surface area contributed by atoms with Crippen LogP contribution in [-0.2, 0) is 11.2 Å². The Bertz CT molecular complexity index is 1050. The molecule has 1 aromatic heterocycles. The van der Waals surface area contributed by atoms with E-state index in [-0.39, 0.29) is 12.0 Å². The maximum atomic E-state index is 11.3. The molecule has 0 saturated carbocycles. The van der Waals surface area contributed by atoms with E-state index < -0.39 is 11.9 Å². The maximum absolute atomic E-state index is 11.3. The predicted molar refractivity (Wildman–Crippen MR) is 109 cm³/mol. The van der Waals surface area contributed by atoms with Crippen molar-refractivity contribution >= 4 is 34.1 Å². The highest BCUT2D eigenvalue weighted by Crippen LogP contribution is 2.39. The van der Waals surface area contributed by atoms with Crippen molar-refractivity contribution in [3.8, 4) is 22.8 Å². The molecule has 0 aliphatic rings. The standard InChI is InChI=1S/C20H18N2O6S/c1-27-13-7-8-15(28-2)14(9-13)18-16(10-17(23)24)29-20(22-18)21-12-5-3-11(4-6-12)19(25)26/h3-9H,10H2,1-2H3,(H,21,22)(H,23,24)(H,25,26). The summed E-state index contributed by atoms with van der Waals surface area (Å²) >= 11 is 1.20. The summed E-state index contributed by atoms with van der Waals surface area (Å²) in [4.78, 5) is 27.4. The van der Waals surface area contributed by atoms with E-state index in [9.17, 15) is 14.7 Å². The van der Waals surface area contributed by atoms with Gasteiger partial charge in [-0.05, 0) is 42.5 Å². The van der Waals surface area contributed by atoms with Gasteiger partial charge in [-0.2, -0.15) is 0 Å². The minimum atomic E-state index is -1.01. The molecular weight excluding hydrogens is 396 g/mol. The zero-order valence-electron chi connectivity index (χ0n) is 15.6. The van der Waals surface area contributed by atoms with Gasteiger partial charge in [-0.1, -0.05) is 0 Å². The molecule has 0 spiro atoms. The smallest absolute Gasteiger partial charge is 0.335 e. The van der Waals surface area contributed by atoms with Gasteiger partial charge in [-0.25, -0.2) is 9.78 Å².